The van der Waals surface area contributed by atoms with Crippen LogP contribution in [0.15, 0.2) is 38.0 Å². The first-order chi connectivity index (χ1) is 27.3. The molecule has 6 aliphatic rings. The van der Waals surface area contributed by atoms with Crippen molar-refractivity contribution >= 4 is 0 Å². The molecule has 12 rings (SSSR count). The first-order valence-corrected chi connectivity index (χ1v) is 18.9. The smallest absolute Gasteiger partial charge is 0.357 e. The van der Waals surface area contributed by atoms with Gasteiger partial charge in [0.25, 0.3) is 0 Å². The first-order valence-electron chi connectivity index (χ1n) is 17.1. The van der Waals surface area contributed by atoms with E-state index in [-0.39, 0.29) is 17.1 Å². The van der Waals surface area contributed by atoms with E-state index in [9.17, 15) is 0 Å². The molecule has 1 radical (unpaired) electrons. The molecule has 0 spiro atoms. The van der Waals surface area contributed by atoms with Gasteiger partial charge in [-0.1, -0.05) is 0 Å². The molecule has 0 saturated heterocycles. The molecule has 33 heteroatoms. The molecule has 6 fully saturated rings. The Labute approximate surface area is 338 Å². The fourth-order valence-electron chi connectivity index (χ4n) is 4.05. The summed E-state index contributed by atoms with van der Waals surface area (Å²) in [6.45, 7) is 0. The van der Waals surface area contributed by atoms with Gasteiger partial charge < -0.3 is 28.0 Å². The maximum absolute atomic E-state index is 8.41. The Balaban J connectivity index is 0.000000146. The fourth-order valence-corrected chi connectivity index (χ4v) is 4.05. The number of hydrogen-bond donors (Lipinski definition) is 0. The van der Waals surface area contributed by atoms with E-state index in [1.54, 1.807) is 66.1 Å². The molecule has 6 aliphatic carbocycles. The predicted molar refractivity (Wildman–Crippen MR) is 157 cm³/mol. The van der Waals surface area contributed by atoms with Crippen molar-refractivity contribution in [2.75, 3.05) is 0 Å². The van der Waals surface area contributed by atoms with Crippen molar-refractivity contribution < 1.29 is 66.6 Å². The molecule has 0 unspecified atom stereocenters. The van der Waals surface area contributed by atoms with Gasteiger partial charge in [0.1, 0.15) is 38.0 Å². The van der Waals surface area contributed by atoms with Crippen LogP contribution in [-0.2, 0) is 17.1 Å². The summed E-state index contributed by atoms with van der Waals surface area (Å²) in [5.74, 6) is 0. The van der Waals surface area contributed by atoms with E-state index in [2.05, 4.69) is 93.2 Å². The van der Waals surface area contributed by atoms with Crippen LogP contribution >= 0.6 is 0 Å². The van der Waals surface area contributed by atoms with E-state index in [4.69, 9.17) is 28.0 Å². The average molecular weight is 891 g/mol. The van der Waals surface area contributed by atoms with Gasteiger partial charge in [0.2, 0.25) is 0 Å². The second-order valence-corrected chi connectivity index (χ2v) is 13.3. The van der Waals surface area contributed by atoms with E-state index in [1.807, 2.05) is 0 Å². The minimum absolute atomic E-state index is 0. The van der Waals surface area contributed by atoms with Gasteiger partial charge in [-0.05, 0) is 140 Å². The molecule has 0 amide bonds. The summed E-state index contributed by atoms with van der Waals surface area (Å²) in [6.07, 6.45) is 24.9. The summed E-state index contributed by atoms with van der Waals surface area (Å²) in [5, 5.41) is 64.6. The maximum atomic E-state index is 8.41. The van der Waals surface area contributed by atoms with Crippen LogP contribution in [0.25, 0.3) is 0 Å². The Morgan fingerprint density at radius 2 is 0.421 bits per heavy atom. The van der Waals surface area contributed by atoms with Crippen molar-refractivity contribution in [2.24, 2.45) is 0 Å². The second-order valence-electron chi connectivity index (χ2n) is 12.5. The SMILES string of the molecule is [Cu+2].[O-][Cl+2]([O-])[O-].[O-][Cl+2]([O-])[O-].c1nnnn1C1CC1.c1nnnn1C1CC1.c1nnnn1C1CC1.c1nnnn1C1CC1.c1nnnn1C1CC1.c1nnnn1C1CC1. The van der Waals surface area contributed by atoms with Gasteiger partial charge in [0.05, 0.1) is 57.8 Å². The topological polar surface area (TPSA) is 400 Å². The van der Waals surface area contributed by atoms with Gasteiger partial charge in [-0.2, -0.15) is 0 Å². The molecule has 6 heterocycles. The monoisotopic (exact) mass is 889 g/mol. The molecule has 6 aromatic heterocycles. The van der Waals surface area contributed by atoms with E-state index in [0.29, 0.717) is 36.3 Å². The minimum atomic E-state index is -2.85. The standard InChI is InChI=1S/6C4H6N4.2ClO3.Cu/c6*1-2-4(1)8-3-5-6-7-8;2*2-1(3)4;/h6*3-4H,1-2H2;;;/q;;;;;;2*-1;+2. The zero-order valence-electron chi connectivity index (χ0n) is 29.7. The van der Waals surface area contributed by atoms with Crippen molar-refractivity contribution in [3.8, 4) is 0 Å². The van der Waals surface area contributed by atoms with E-state index >= 15 is 0 Å². The summed E-state index contributed by atoms with van der Waals surface area (Å²) in [4.78, 5) is 0. The Morgan fingerprint density at radius 1 is 0.298 bits per heavy atom. The van der Waals surface area contributed by atoms with Crippen LogP contribution in [0.3, 0.4) is 0 Å². The van der Waals surface area contributed by atoms with Crippen LogP contribution in [0.5, 0.6) is 0 Å². The third-order valence-corrected chi connectivity index (χ3v) is 7.72. The van der Waals surface area contributed by atoms with Crippen molar-refractivity contribution in [1.82, 2.24) is 121 Å². The van der Waals surface area contributed by atoms with E-state index < -0.39 is 21.6 Å². The van der Waals surface area contributed by atoms with Crippen molar-refractivity contribution in [3.05, 3.63) is 38.0 Å². The van der Waals surface area contributed by atoms with Crippen molar-refractivity contribution in [2.45, 2.75) is 113 Å². The third-order valence-electron chi connectivity index (χ3n) is 7.72. The van der Waals surface area contributed by atoms with Gasteiger partial charge >= 0.3 is 17.1 Å². The van der Waals surface area contributed by atoms with E-state index in [1.165, 1.54) is 77.0 Å². The molecule has 0 aromatic carbocycles. The molecule has 0 aliphatic heterocycles. The van der Waals surface area contributed by atoms with Gasteiger partial charge in [-0.25, -0.2) is 28.1 Å². The summed E-state index contributed by atoms with van der Waals surface area (Å²) < 4.78 is 61.3. The zero-order valence-corrected chi connectivity index (χ0v) is 32.1. The Bertz CT molecular complexity index is 1450. The summed E-state index contributed by atoms with van der Waals surface area (Å²) in [5.41, 5.74) is 0. The van der Waals surface area contributed by atoms with Crippen LogP contribution in [0.2, 0.25) is 0 Å². The molecule has 0 N–H and O–H groups in total. The summed E-state index contributed by atoms with van der Waals surface area (Å²) in [7, 11) is -5.70. The van der Waals surface area contributed by atoms with Gasteiger partial charge in [0, 0.05) is 0 Å². The fraction of sp³-hybridized carbons (Fsp3) is 0.750. The normalized spacial score (nSPS) is 17.3. The Kier molecular flexibility index (Phi) is 19.1. The molecule has 0 atom stereocenters. The van der Waals surface area contributed by atoms with Crippen molar-refractivity contribution in [3.63, 3.8) is 0 Å². The van der Waals surface area contributed by atoms with Crippen LogP contribution in [0.4, 0.5) is 0 Å². The quantitative estimate of drug-likeness (QED) is 0.140. The molecule has 0 bridgehead atoms. The van der Waals surface area contributed by atoms with E-state index in [0.717, 1.165) is 0 Å². The molecule has 57 heavy (non-hydrogen) atoms. The molecule has 30 nitrogen and oxygen atoms in total. The van der Waals surface area contributed by atoms with Crippen LogP contribution in [-0.4, -0.2) is 121 Å². The Morgan fingerprint density at radius 3 is 0.491 bits per heavy atom. The molecule has 6 saturated carbocycles. The van der Waals surface area contributed by atoms with Crippen LogP contribution in [0, 0.1) is 21.6 Å². The number of aromatic nitrogens is 24. The number of nitrogens with zero attached hydrogens (tertiary/aromatic N) is 24. The third kappa shape index (κ3) is 19.8. The summed E-state index contributed by atoms with van der Waals surface area (Å²) >= 11 is 0. The van der Waals surface area contributed by atoms with Gasteiger partial charge in [-0.3, -0.25) is 0 Å². The molecular weight excluding hydrogens is 855 g/mol. The van der Waals surface area contributed by atoms with Crippen LogP contribution in [0.1, 0.15) is 113 Å². The number of rotatable bonds is 6. The number of hydrogen-bond acceptors (Lipinski definition) is 24. The molecular formula is C24H36Cl2CuN24O6. The van der Waals surface area contributed by atoms with Gasteiger partial charge in [0.15, 0.2) is 0 Å². The second kappa shape index (κ2) is 24.1. The number of tetrazole rings is 6. The zero-order chi connectivity index (χ0) is 39.5. The molecule has 6 aromatic rings. The summed E-state index contributed by atoms with van der Waals surface area (Å²) in [6, 6.07) is 3.69. The van der Waals surface area contributed by atoms with Gasteiger partial charge in [-0.15, -0.1) is 30.6 Å². The largest absolute Gasteiger partial charge is 2.00 e. The maximum Gasteiger partial charge on any atom is 2.00 e. The average Bonchev–Trinajstić information content (AvgIpc) is 3.82. The van der Waals surface area contributed by atoms with Crippen molar-refractivity contribution in [1.29, 1.82) is 0 Å². The molecule has 313 valence electrons. The first kappa shape index (κ1) is 45.0. The minimum Gasteiger partial charge on any atom is -0.357 e. The number of halogens is 2. The van der Waals surface area contributed by atoms with Crippen LogP contribution < -0.4 is 28.0 Å². The Hall–Kier alpha value is -4.72. The predicted octanol–water partition coefficient (Wildman–Crippen LogP) is -7.09.